The molecule has 0 atom stereocenters. The van der Waals surface area contributed by atoms with E-state index in [1.54, 1.807) is 0 Å². The molecule has 1 heterocycles. The molecule has 0 saturated carbocycles. The monoisotopic (exact) mass is 546 g/mol. The lowest BCUT2D eigenvalue weighted by Crippen LogP contribution is -1.91. The first-order valence-corrected chi connectivity index (χ1v) is 14.8. The Labute approximate surface area is 249 Å². The van der Waals surface area contributed by atoms with Crippen molar-refractivity contribution in [2.24, 2.45) is 0 Å². The standard InChI is InChI=1S/C42H26O/c1-2-11-27(12-3-1)28-21-23-31-29(25-28)13-10-19-33(31)42-36-17-6-4-15-34(36)41(35-16-5-7-18-37(35)42)30-22-24-40-38(26-30)32-14-8-9-20-39(32)43-40/h1-26H. The van der Waals surface area contributed by atoms with Crippen molar-refractivity contribution in [1.29, 1.82) is 0 Å². The second-order valence-corrected chi connectivity index (χ2v) is 11.3. The summed E-state index contributed by atoms with van der Waals surface area (Å²) in [6, 6.07) is 56.9. The molecule has 8 aromatic carbocycles. The van der Waals surface area contributed by atoms with Crippen LogP contribution < -0.4 is 0 Å². The Morgan fingerprint density at radius 1 is 0.302 bits per heavy atom. The molecule has 0 N–H and O–H groups in total. The topological polar surface area (TPSA) is 13.1 Å². The summed E-state index contributed by atoms with van der Waals surface area (Å²) in [5, 5.41) is 9.82. The van der Waals surface area contributed by atoms with Gasteiger partial charge in [-0.1, -0.05) is 133 Å². The summed E-state index contributed by atoms with van der Waals surface area (Å²) >= 11 is 0. The molecule has 1 heteroatoms. The molecule has 0 aliphatic heterocycles. The van der Waals surface area contributed by atoms with Gasteiger partial charge in [0.1, 0.15) is 11.2 Å². The van der Waals surface area contributed by atoms with Crippen LogP contribution in [-0.2, 0) is 0 Å². The molecule has 0 fully saturated rings. The molecule has 0 spiro atoms. The zero-order valence-corrected chi connectivity index (χ0v) is 23.4. The van der Waals surface area contributed by atoms with Crippen molar-refractivity contribution in [3.05, 3.63) is 158 Å². The van der Waals surface area contributed by atoms with Crippen LogP contribution in [0, 0.1) is 0 Å². The molecule has 9 rings (SSSR count). The quantitative estimate of drug-likeness (QED) is 0.201. The summed E-state index contributed by atoms with van der Waals surface area (Å²) in [5.41, 5.74) is 9.30. The largest absolute Gasteiger partial charge is 0.456 e. The fraction of sp³-hybridized carbons (Fsp3) is 0. The van der Waals surface area contributed by atoms with Gasteiger partial charge in [-0.2, -0.15) is 0 Å². The SMILES string of the molecule is c1ccc(-c2ccc3c(-c4c5ccccc5c(-c5ccc6oc7ccccc7c6c5)c5ccccc45)cccc3c2)cc1. The summed E-state index contributed by atoms with van der Waals surface area (Å²) in [5.74, 6) is 0. The molecule has 0 bridgehead atoms. The Morgan fingerprint density at radius 3 is 1.65 bits per heavy atom. The van der Waals surface area contributed by atoms with Gasteiger partial charge in [0.2, 0.25) is 0 Å². The van der Waals surface area contributed by atoms with E-state index in [1.165, 1.54) is 65.7 Å². The van der Waals surface area contributed by atoms with Gasteiger partial charge < -0.3 is 4.42 Å². The molecule has 0 radical (unpaired) electrons. The van der Waals surface area contributed by atoms with Crippen LogP contribution in [0.3, 0.4) is 0 Å². The molecule has 43 heavy (non-hydrogen) atoms. The second kappa shape index (κ2) is 9.44. The van der Waals surface area contributed by atoms with Gasteiger partial charge in [0, 0.05) is 10.8 Å². The van der Waals surface area contributed by atoms with Gasteiger partial charge in [-0.05, 0) is 90.0 Å². The fourth-order valence-electron chi connectivity index (χ4n) is 6.92. The first-order chi connectivity index (χ1) is 21.3. The molecule has 0 unspecified atom stereocenters. The van der Waals surface area contributed by atoms with Crippen LogP contribution in [0.15, 0.2) is 162 Å². The molecule has 0 aliphatic rings. The van der Waals surface area contributed by atoms with E-state index in [2.05, 4.69) is 146 Å². The summed E-state index contributed by atoms with van der Waals surface area (Å²) < 4.78 is 6.17. The average Bonchev–Trinajstić information content (AvgIpc) is 3.45. The number of rotatable bonds is 3. The molecule has 0 amide bonds. The highest BCUT2D eigenvalue weighted by molar-refractivity contribution is 6.24. The lowest BCUT2D eigenvalue weighted by atomic mass is 9.84. The number of furan rings is 1. The van der Waals surface area contributed by atoms with Crippen molar-refractivity contribution in [1.82, 2.24) is 0 Å². The van der Waals surface area contributed by atoms with Gasteiger partial charge >= 0.3 is 0 Å². The Bertz CT molecular complexity index is 2440. The van der Waals surface area contributed by atoms with Crippen LogP contribution in [0.5, 0.6) is 0 Å². The third-order valence-electron chi connectivity index (χ3n) is 8.85. The first kappa shape index (κ1) is 24.0. The van der Waals surface area contributed by atoms with E-state index < -0.39 is 0 Å². The van der Waals surface area contributed by atoms with Gasteiger partial charge in [-0.3, -0.25) is 0 Å². The van der Waals surface area contributed by atoms with Crippen molar-refractivity contribution < 1.29 is 4.42 Å². The minimum Gasteiger partial charge on any atom is -0.456 e. The maximum absolute atomic E-state index is 6.17. The maximum atomic E-state index is 6.17. The van der Waals surface area contributed by atoms with Gasteiger partial charge in [0.25, 0.3) is 0 Å². The third-order valence-corrected chi connectivity index (χ3v) is 8.85. The van der Waals surface area contributed by atoms with Crippen molar-refractivity contribution in [3.8, 4) is 33.4 Å². The highest BCUT2D eigenvalue weighted by atomic mass is 16.3. The predicted octanol–water partition coefficient (Wildman–Crippen LogP) is 12.0. The van der Waals surface area contributed by atoms with Crippen LogP contribution in [0.4, 0.5) is 0 Å². The highest BCUT2D eigenvalue weighted by Crippen LogP contribution is 2.46. The van der Waals surface area contributed by atoms with E-state index in [0.717, 1.165) is 21.9 Å². The predicted molar refractivity (Wildman–Crippen MR) is 183 cm³/mol. The van der Waals surface area contributed by atoms with E-state index in [9.17, 15) is 0 Å². The second-order valence-electron chi connectivity index (χ2n) is 11.3. The highest BCUT2D eigenvalue weighted by Gasteiger charge is 2.19. The Morgan fingerprint density at radius 2 is 0.907 bits per heavy atom. The lowest BCUT2D eigenvalue weighted by molar-refractivity contribution is 0.669. The summed E-state index contributed by atoms with van der Waals surface area (Å²) in [7, 11) is 0. The van der Waals surface area contributed by atoms with Gasteiger partial charge in [0.05, 0.1) is 0 Å². The summed E-state index contributed by atoms with van der Waals surface area (Å²) in [4.78, 5) is 0. The number of hydrogen-bond acceptors (Lipinski definition) is 1. The molecule has 9 aromatic rings. The zero-order chi connectivity index (χ0) is 28.3. The van der Waals surface area contributed by atoms with Crippen LogP contribution in [0.25, 0.3) is 87.6 Å². The van der Waals surface area contributed by atoms with Crippen LogP contribution in [0.2, 0.25) is 0 Å². The van der Waals surface area contributed by atoms with Crippen molar-refractivity contribution >= 4 is 54.3 Å². The molecule has 0 aliphatic carbocycles. The number of fused-ring (bicyclic) bond motifs is 6. The van der Waals surface area contributed by atoms with Crippen molar-refractivity contribution in [2.75, 3.05) is 0 Å². The molecule has 1 aromatic heterocycles. The maximum Gasteiger partial charge on any atom is 0.135 e. The number of benzene rings is 8. The average molecular weight is 547 g/mol. The number of para-hydroxylation sites is 1. The van der Waals surface area contributed by atoms with Gasteiger partial charge in [-0.25, -0.2) is 0 Å². The Hall–Kier alpha value is -5.66. The van der Waals surface area contributed by atoms with E-state index in [1.807, 2.05) is 12.1 Å². The van der Waals surface area contributed by atoms with E-state index >= 15 is 0 Å². The Balaban J connectivity index is 1.34. The minimum absolute atomic E-state index is 0.917. The van der Waals surface area contributed by atoms with Crippen LogP contribution >= 0.6 is 0 Å². The van der Waals surface area contributed by atoms with Crippen LogP contribution in [-0.4, -0.2) is 0 Å². The van der Waals surface area contributed by atoms with Gasteiger partial charge in [0.15, 0.2) is 0 Å². The minimum atomic E-state index is 0.917. The smallest absolute Gasteiger partial charge is 0.135 e. The van der Waals surface area contributed by atoms with E-state index in [4.69, 9.17) is 4.42 Å². The van der Waals surface area contributed by atoms with E-state index in [-0.39, 0.29) is 0 Å². The van der Waals surface area contributed by atoms with Crippen molar-refractivity contribution in [2.45, 2.75) is 0 Å². The first-order valence-electron chi connectivity index (χ1n) is 14.8. The molecule has 200 valence electrons. The third kappa shape index (κ3) is 3.72. The summed E-state index contributed by atoms with van der Waals surface area (Å²) in [6.45, 7) is 0. The molecule has 1 nitrogen and oxygen atoms in total. The Kier molecular flexibility index (Phi) is 5.27. The normalized spacial score (nSPS) is 11.7. The molecule has 0 saturated heterocycles. The zero-order valence-electron chi connectivity index (χ0n) is 23.4. The molecular formula is C42H26O. The fourth-order valence-corrected chi connectivity index (χ4v) is 6.92. The number of hydrogen-bond donors (Lipinski definition) is 0. The summed E-state index contributed by atoms with van der Waals surface area (Å²) in [6.07, 6.45) is 0. The van der Waals surface area contributed by atoms with Gasteiger partial charge in [-0.15, -0.1) is 0 Å². The van der Waals surface area contributed by atoms with Crippen molar-refractivity contribution in [3.63, 3.8) is 0 Å². The van der Waals surface area contributed by atoms with E-state index in [0.29, 0.717) is 0 Å². The van der Waals surface area contributed by atoms with Crippen LogP contribution in [0.1, 0.15) is 0 Å². The molecular weight excluding hydrogens is 520 g/mol. The lowest BCUT2D eigenvalue weighted by Gasteiger charge is -2.19.